The summed E-state index contributed by atoms with van der Waals surface area (Å²) >= 11 is 0. The molecule has 17 nitrogen and oxygen atoms in total. The summed E-state index contributed by atoms with van der Waals surface area (Å²) in [5.41, 5.74) is 5.65. The summed E-state index contributed by atoms with van der Waals surface area (Å²) in [6.07, 6.45) is 3.50. The summed E-state index contributed by atoms with van der Waals surface area (Å²) in [6.45, 7) is 12.1. The van der Waals surface area contributed by atoms with Gasteiger partial charge in [-0.05, 0) is 26.0 Å². The molecule has 0 fully saturated rings. The van der Waals surface area contributed by atoms with Crippen molar-refractivity contribution in [3.8, 4) is 17.2 Å². The fraction of sp³-hybridized carbons (Fsp3) is 0.500. The van der Waals surface area contributed by atoms with Gasteiger partial charge in [0, 0.05) is 61.2 Å². The Morgan fingerprint density at radius 3 is 2.33 bits per heavy atom. The number of nitrogens with zero attached hydrogens (tertiary/aromatic N) is 3. The van der Waals surface area contributed by atoms with Gasteiger partial charge in [0.05, 0.1) is 60.1 Å². The van der Waals surface area contributed by atoms with E-state index in [0.29, 0.717) is 0 Å². The zero-order valence-corrected chi connectivity index (χ0v) is 33.5. The van der Waals surface area contributed by atoms with E-state index in [4.69, 9.17) is 29.8 Å². The van der Waals surface area contributed by atoms with Crippen molar-refractivity contribution in [2.75, 3.05) is 25.6 Å². The Labute approximate surface area is 330 Å². The number of ketones is 1. The third-order valence-corrected chi connectivity index (χ3v) is 10.5. The highest BCUT2D eigenvalue weighted by Gasteiger charge is 2.49. The molecule has 0 aromatic heterocycles. The van der Waals surface area contributed by atoms with Crippen LogP contribution in [0.4, 0.5) is 11.4 Å². The van der Waals surface area contributed by atoms with E-state index < -0.39 is 83.0 Å². The summed E-state index contributed by atoms with van der Waals surface area (Å²) in [5.74, 6) is -8.00. The maximum absolute atomic E-state index is 14.4. The molecule has 0 radical (unpaired) electrons. The van der Waals surface area contributed by atoms with Crippen molar-refractivity contribution in [3.63, 3.8) is 0 Å². The van der Waals surface area contributed by atoms with Crippen molar-refractivity contribution in [1.29, 1.82) is 0 Å². The number of aromatic hydroxyl groups is 2. The third kappa shape index (κ3) is 9.28. The van der Waals surface area contributed by atoms with E-state index >= 15 is 0 Å². The number of ether oxygens (including phenoxy) is 4. The molecule has 0 saturated heterocycles. The molecule has 0 spiro atoms. The van der Waals surface area contributed by atoms with Gasteiger partial charge in [-0.15, -0.1) is 10.2 Å². The molecule has 17 heteroatoms. The van der Waals surface area contributed by atoms with Crippen LogP contribution < -0.4 is 15.8 Å². The molecule has 5 rings (SSSR count). The summed E-state index contributed by atoms with van der Waals surface area (Å²) < 4.78 is 23.5. The number of guanidine groups is 1. The molecule has 1 amide bonds. The van der Waals surface area contributed by atoms with E-state index in [9.17, 15) is 34.8 Å². The van der Waals surface area contributed by atoms with Crippen LogP contribution in [0.2, 0.25) is 0 Å². The molecule has 57 heavy (non-hydrogen) atoms. The number of benzene rings is 2. The maximum atomic E-state index is 14.4. The first kappa shape index (κ1) is 44.4. The summed E-state index contributed by atoms with van der Waals surface area (Å²) in [5, 5.41) is 65.3. The number of aliphatic hydroxyl groups is 3. The third-order valence-electron chi connectivity index (χ3n) is 10.5. The summed E-state index contributed by atoms with van der Waals surface area (Å²) in [6, 6.07) is 1.23. The molecular formula is C40H53N5O12. The van der Waals surface area contributed by atoms with Crippen LogP contribution >= 0.6 is 0 Å². The lowest BCUT2D eigenvalue weighted by Gasteiger charge is -2.38. The highest BCUT2D eigenvalue weighted by atomic mass is 16.7. The fourth-order valence-corrected chi connectivity index (χ4v) is 7.03. The number of Topliss-reactive ketones (excluding diaryl/α,β-unsaturated/α-hetero) is 1. The number of fused-ring (bicyclic) bond motifs is 14. The Kier molecular flexibility index (Phi) is 14.2. The molecule has 0 saturated carbocycles. The maximum Gasteiger partial charge on any atom is 0.312 e. The van der Waals surface area contributed by atoms with E-state index in [0.717, 1.165) is 0 Å². The number of phenolic OH excluding ortho intramolecular Hbond substituents is 2. The predicted octanol–water partition coefficient (Wildman–Crippen LogP) is 4.44. The number of rotatable bonds is 5. The average Bonchev–Trinajstić information content (AvgIpc) is 3.44. The van der Waals surface area contributed by atoms with Crippen LogP contribution in [0, 0.1) is 30.6 Å². The van der Waals surface area contributed by atoms with Gasteiger partial charge in [0.2, 0.25) is 5.96 Å². The van der Waals surface area contributed by atoms with Crippen LogP contribution in [0.3, 0.4) is 0 Å². The van der Waals surface area contributed by atoms with E-state index in [2.05, 4.69) is 20.5 Å². The summed E-state index contributed by atoms with van der Waals surface area (Å²) in [4.78, 5) is 44.0. The van der Waals surface area contributed by atoms with Gasteiger partial charge in [0.1, 0.15) is 17.6 Å². The molecule has 3 heterocycles. The van der Waals surface area contributed by atoms with Gasteiger partial charge in [-0.2, -0.15) is 0 Å². The first-order valence-corrected chi connectivity index (χ1v) is 18.5. The van der Waals surface area contributed by atoms with Gasteiger partial charge >= 0.3 is 11.8 Å². The number of aliphatic hydroxyl groups excluding tert-OH is 3. The van der Waals surface area contributed by atoms with Crippen LogP contribution in [0.1, 0.15) is 64.4 Å². The van der Waals surface area contributed by atoms with Gasteiger partial charge in [-0.25, -0.2) is 4.99 Å². The lowest BCUT2D eigenvalue weighted by Crippen LogP contribution is -2.46. The average molecular weight is 796 g/mol. The molecule has 9 unspecified atom stereocenters. The molecule has 310 valence electrons. The monoisotopic (exact) mass is 795 g/mol. The number of carbonyl (C=O) groups is 3. The van der Waals surface area contributed by atoms with Crippen molar-refractivity contribution in [2.24, 2.45) is 44.6 Å². The second-order valence-electron chi connectivity index (χ2n) is 14.6. The van der Waals surface area contributed by atoms with E-state index in [1.54, 1.807) is 39.8 Å². The Hall–Kier alpha value is -5.36. The fourth-order valence-electron chi connectivity index (χ4n) is 7.03. The number of amides is 1. The molecule has 0 aliphatic carbocycles. The molecule has 3 aliphatic heterocycles. The van der Waals surface area contributed by atoms with Crippen LogP contribution in [-0.2, 0) is 23.8 Å². The van der Waals surface area contributed by atoms with Crippen molar-refractivity contribution < 1.29 is 58.9 Å². The van der Waals surface area contributed by atoms with Gasteiger partial charge in [-0.3, -0.25) is 14.4 Å². The minimum atomic E-state index is -2.03. The number of allylic oxidation sites excluding steroid dienone is 2. The molecule has 9 atom stereocenters. The lowest BCUT2D eigenvalue weighted by molar-refractivity contribution is -0.160. The molecular weight excluding hydrogens is 742 g/mol. The second-order valence-corrected chi connectivity index (χ2v) is 14.6. The van der Waals surface area contributed by atoms with Crippen LogP contribution in [0.5, 0.6) is 17.2 Å². The minimum Gasteiger partial charge on any atom is -0.507 e. The quantitative estimate of drug-likeness (QED) is 0.0727. The number of nitrogens with two attached hydrogens (primary N) is 1. The topological polar surface area (TPSA) is 264 Å². The lowest BCUT2D eigenvalue weighted by atomic mass is 9.78. The molecule has 5 bridgehead atoms. The van der Waals surface area contributed by atoms with Crippen LogP contribution in [0.15, 0.2) is 57.4 Å². The molecule has 8 N–H and O–H groups in total. The number of aliphatic imine (C=N–C) groups is 1. The number of hydrogen-bond donors (Lipinski definition) is 7. The zero-order valence-electron chi connectivity index (χ0n) is 33.5. The number of esters is 1. The highest BCUT2D eigenvalue weighted by molar-refractivity contribution is 6.22. The minimum absolute atomic E-state index is 0.0604. The zero-order chi connectivity index (χ0) is 42.5. The first-order valence-electron chi connectivity index (χ1n) is 18.5. The number of anilines is 1. The molecule has 2 aromatic carbocycles. The van der Waals surface area contributed by atoms with Gasteiger partial charge in [0.15, 0.2) is 5.75 Å². The Bertz CT molecular complexity index is 2030. The van der Waals surface area contributed by atoms with Crippen LogP contribution in [-0.4, -0.2) is 99.6 Å². The normalized spacial score (nSPS) is 30.0. The Morgan fingerprint density at radius 2 is 1.70 bits per heavy atom. The highest BCUT2D eigenvalue weighted by Crippen LogP contribution is 2.54. The van der Waals surface area contributed by atoms with Gasteiger partial charge in [-0.1, -0.05) is 45.9 Å². The van der Waals surface area contributed by atoms with Crippen molar-refractivity contribution in [2.45, 2.75) is 85.6 Å². The standard InChI is InChI=1S/C40H53N5O12/c1-18-11-10-12-19(2)38(53)43-26-17-25(44-45-39(41)42-14-15-46)28-29(34(26)51)33(50)23(6)36-30(28)37(52)40(8,57-36)55-16-13-27(54-9)20(3)35(56-24(7)47)22(5)32(49)21(4)31(18)48/h10-13,16-18,20-22,27,31-32,35,46,48-51H,14-15H2,1-9H3,(H2,41,42)(H,43,53)/b11-10?,16-13?,19-12-,45-44?. The van der Waals surface area contributed by atoms with Gasteiger partial charge in [0.25, 0.3) is 11.7 Å². The summed E-state index contributed by atoms with van der Waals surface area (Å²) in [7, 11) is 1.43. The second kappa shape index (κ2) is 18.3. The number of carbonyl (C=O) groups excluding carboxylic acids is 3. The first-order chi connectivity index (χ1) is 26.8. The number of azo groups is 1. The van der Waals surface area contributed by atoms with Gasteiger partial charge < -0.3 is 55.5 Å². The Balaban J connectivity index is 1.96. The Morgan fingerprint density at radius 1 is 1.02 bits per heavy atom. The van der Waals surface area contributed by atoms with Crippen LogP contribution in [0.25, 0.3) is 10.8 Å². The molecule has 3 aliphatic rings. The van der Waals surface area contributed by atoms with E-state index in [-0.39, 0.29) is 63.7 Å². The van der Waals surface area contributed by atoms with Crippen molar-refractivity contribution >= 4 is 45.8 Å². The predicted molar refractivity (Wildman–Crippen MR) is 210 cm³/mol. The van der Waals surface area contributed by atoms with Crippen molar-refractivity contribution in [3.05, 3.63) is 53.3 Å². The number of phenols is 2. The van der Waals surface area contributed by atoms with E-state index in [1.807, 2.05) is 0 Å². The molecule has 2 aromatic rings. The largest absolute Gasteiger partial charge is 0.507 e. The SMILES string of the molecule is COC1C=COC2(C)Oc3c(C)c(O)c4c(O)c(cc(N=NC(N)=NCCO)c4c3C2=O)NC(=O)/C(C)=C\C=CC(C)C(O)C(C)C(O)C(C)C(OC(C)=O)C1C. The number of hydrogen-bond acceptors (Lipinski definition) is 14. The smallest absolute Gasteiger partial charge is 0.312 e. The number of methoxy groups -OCH3 is 1. The van der Waals surface area contributed by atoms with E-state index in [1.165, 1.54) is 59.3 Å². The van der Waals surface area contributed by atoms with Crippen molar-refractivity contribution in [1.82, 2.24) is 0 Å². The number of nitrogens with one attached hydrogen (secondary N) is 1.